The van der Waals surface area contributed by atoms with Gasteiger partial charge in [0.2, 0.25) is 0 Å². The number of nitrogens with two attached hydrogens (primary N) is 1. The molecule has 0 radical (unpaired) electrons. The quantitative estimate of drug-likeness (QED) is 0.936. The molecule has 0 aliphatic heterocycles. The third-order valence-corrected chi connectivity index (χ3v) is 2.68. The molecular formula is C14H13F3N2O. The first-order valence-electron chi connectivity index (χ1n) is 5.95. The van der Waals surface area contributed by atoms with Gasteiger partial charge in [0, 0.05) is 6.20 Å². The van der Waals surface area contributed by atoms with Crippen LogP contribution in [-0.2, 0) is 6.42 Å². The molecule has 20 heavy (non-hydrogen) atoms. The van der Waals surface area contributed by atoms with Crippen molar-refractivity contribution in [1.29, 1.82) is 0 Å². The number of rotatable bonds is 4. The fourth-order valence-electron chi connectivity index (χ4n) is 1.78. The molecule has 1 heterocycles. The van der Waals surface area contributed by atoms with E-state index >= 15 is 0 Å². The maximum Gasteiger partial charge on any atom is 0.573 e. The highest BCUT2D eigenvalue weighted by Crippen LogP contribution is 2.23. The highest BCUT2D eigenvalue weighted by atomic mass is 19.4. The molecule has 0 saturated carbocycles. The number of halogens is 3. The van der Waals surface area contributed by atoms with E-state index < -0.39 is 6.36 Å². The van der Waals surface area contributed by atoms with Gasteiger partial charge in [-0.2, -0.15) is 0 Å². The first-order chi connectivity index (χ1) is 9.44. The second-order valence-electron chi connectivity index (χ2n) is 4.26. The lowest BCUT2D eigenvalue weighted by atomic mass is 10.0. The SMILES string of the molecule is NC(Cc1ccc(OC(F)(F)F)cc1)c1ccccn1. The van der Waals surface area contributed by atoms with E-state index in [-0.39, 0.29) is 11.8 Å². The summed E-state index contributed by atoms with van der Waals surface area (Å²) in [6, 6.07) is 10.8. The molecule has 3 nitrogen and oxygen atoms in total. The molecule has 0 spiro atoms. The average molecular weight is 282 g/mol. The summed E-state index contributed by atoms with van der Waals surface area (Å²) < 4.78 is 39.9. The van der Waals surface area contributed by atoms with Crippen LogP contribution < -0.4 is 10.5 Å². The molecule has 0 aliphatic carbocycles. The Labute approximate surface area is 114 Å². The molecule has 106 valence electrons. The van der Waals surface area contributed by atoms with Gasteiger partial charge < -0.3 is 10.5 Å². The summed E-state index contributed by atoms with van der Waals surface area (Å²) in [7, 11) is 0. The van der Waals surface area contributed by atoms with E-state index in [4.69, 9.17) is 5.73 Å². The van der Waals surface area contributed by atoms with Gasteiger partial charge in [0.05, 0.1) is 11.7 Å². The van der Waals surface area contributed by atoms with E-state index in [0.29, 0.717) is 6.42 Å². The summed E-state index contributed by atoms with van der Waals surface area (Å²) in [5, 5.41) is 0. The van der Waals surface area contributed by atoms with Crippen LogP contribution in [0.5, 0.6) is 5.75 Å². The number of aromatic nitrogens is 1. The molecule has 1 unspecified atom stereocenters. The van der Waals surface area contributed by atoms with Crippen LogP contribution in [0.25, 0.3) is 0 Å². The Balaban J connectivity index is 2.00. The smallest absolute Gasteiger partial charge is 0.406 e. The molecule has 1 atom stereocenters. The van der Waals surface area contributed by atoms with Crippen molar-refractivity contribution in [1.82, 2.24) is 4.98 Å². The van der Waals surface area contributed by atoms with Crippen LogP contribution in [0, 0.1) is 0 Å². The number of nitrogens with zero attached hydrogens (tertiary/aromatic N) is 1. The third-order valence-electron chi connectivity index (χ3n) is 2.68. The number of benzene rings is 1. The lowest BCUT2D eigenvalue weighted by Crippen LogP contribution is -2.17. The van der Waals surface area contributed by atoms with Crippen LogP contribution in [0.4, 0.5) is 13.2 Å². The van der Waals surface area contributed by atoms with Crippen molar-refractivity contribution >= 4 is 0 Å². The summed E-state index contributed by atoms with van der Waals surface area (Å²) in [5.74, 6) is -0.243. The maximum absolute atomic E-state index is 12.0. The van der Waals surface area contributed by atoms with Crippen LogP contribution in [0.3, 0.4) is 0 Å². The van der Waals surface area contributed by atoms with Gasteiger partial charge in [-0.1, -0.05) is 18.2 Å². The number of hydrogen-bond acceptors (Lipinski definition) is 3. The third kappa shape index (κ3) is 4.24. The standard InChI is InChI=1S/C14H13F3N2O/c15-14(16,17)20-11-6-4-10(5-7-11)9-12(18)13-3-1-2-8-19-13/h1-8,12H,9,18H2. The zero-order valence-corrected chi connectivity index (χ0v) is 10.5. The van der Waals surface area contributed by atoms with Crippen molar-refractivity contribution in [2.45, 2.75) is 18.8 Å². The molecule has 0 saturated heterocycles. The Hall–Kier alpha value is -2.08. The highest BCUT2D eigenvalue weighted by Gasteiger charge is 2.30. The van der Waals surface area contributed by atoms with Gasteiger partial charge in [-0.3, -0.25) is 4.98 Å². The molecule has 2 aromatic rings. The summed E-state index contributed by atoms with van der Waals surface area (Å²) >= 11 is 0. The van der Waals surface area contributed by atoms with Gasteiger partial charge in [0.15, 0.2) is 0 Å². The van der Waals surface area contributed by atoms with E-state index in [1.54, 1.807) is 24.4 Å². The van der Waals surface area contributed by atoms with Gasteiger partial charge in [0.1, 0.15) is 5.75 Å². The molecule has 0 aliphatic rings. The molecule has 0 fully saturated rings. The van der Waals surface area contributed by atoms with E-state index in [0.717, 1.165) is 11.3 Å². The molecular weight excluding hydrogens is 269 g/mol. The van der Waals surface area contributed by atoms with E-state index in [1.807, 2.05) is 12.1 Å². The largest absolute Gasteiger partial charge is 0.573 e. The Morgan fingerprint density at radius 2 is 1.80 bits per heavy atom. The predicted octanol–water partition coefficient (Wildman–Crippen LogP) is 3.22. The summed E-state index contributed by atoms with van der Waals surface area (Å²) in [6.45, 7) is 0. The van der Waals surface area contributed by atoms with Crippen LogP contribution in [0.15, 0.2) is 48.7 Å². The minimum atomic E-state index is -4.67. The topological polar surface area (TPSA) is 48.1 Å². The maximum atomic E-state index is 12.0. The summed E-state index contributed by atoms with van der Waals surface area (Å²) in [6.07, 6.45) is -2.54. The minimum absolute atomic E-state index is 0.243. The summed E-state index contributed by atoms with van der Waals surface area (Å²) in [5.41, 5.74) is 7.55. The Kier molecular flexibility index (Phi) is 4.24. The van der Waals surface area contributed by atoms with Gasteiger partial charge in [0.25, 0.3) is 0 Å². The second kappa shape index (κ2) is 5.92. The fourth-order valence-corrected chi connectivity index (χ4v) is 1.78. The first kappa shape index (κ1) is 14.3. The Morgan fingerprint density at radius 3 is 2.35 bits per heavy atom. The van der Waals surface area contributed by atoms with Crippen molar-refractivity contribution in [3.8, 4) is 5.75 Å². The monoisotopic (exact) mass is 282 g/mol. The average Bonchev–Trinajstić information content (AvgIpc) is 2.40. The van der Waals surface area contributed by atoms with Gasteiger partial charge in [-0.15, -0.1) is 13.2 Å². The molecule has 1 aromatic carbocycles. The molecule has 2 N–H and O–H groups in total. The molecule has 0 amide bonds. The van der Waals surface area contributed by atoms with Crippen molar-refractivity contribution in [3.05, 3.63) is 59.9 Å². The van der Waals surface area contributed by atoms with Crippen molar-refractivity contribution in [3.63, 3.8) is 0 Å². The Morgan fingerprint density at radius 1 is 1.10 bits per heavy atom. The predicted molar refractivity (Wildman–Crippen MR) is 68.0 cm³/mol. The zero-order valence-electron chi connectivity index (χ0n) is 10.5. The zero-order chi connectivity index (χ0) is 14.6. The lowest BCUT2D eigenvalue weighted by Gasteiger charge is -2.12. The molecule has 0 bridgehead atoms. The van der Waals surface area contributed by atoms with E-state index in [9.17, 15) is 13.2 Å². The number of ether oxygens (including phenoxy) is 1. The fraction of sp³-hybridized carbons (Fsp3) is 0.214. The van der Waals surface area contributed by atoms with Crippen LogP contribution in [-0.4, -0.2) is 11.3 Å². The normalized spacial score (nSPS) is 13.0. The van der Waals surface area contributed by atoms with Crippen molar-refractivity contribution in [2.24, 2.45) is 5.73 Å². The first-order valence-corrected chi connectivity index (χ1v) is 5.95. The van der Waals surface area contributed by atoms with Gasteiger partial charge in [-0.25, -0.2) is 0 Å². The van der Waals surface area contributed by atoms with Crippen LogP contribution in [0.1, 0.15) is 17.3 Å². The van der Waals surface area contributed by atoms with Gasteiger partial charge in [-0.05, 0) is 36.2 Å². The van der Waals surface area contributed by atoms with Crippen molar-refractivity contribution < 1.29 is 17.9 Å². The minimum Gasteiger partial charge on any atom is -0.406 e. The van der Waals surface area contributed by atoms with Gasteiger partial charge >= 0.3 is 6.36 Å². The van der Waals surface area contributed by atoms with Crippen LogP contribution in [0.2, 0.25) is 0 Å². The second-order valence-corrected chi connectivity index (χ2v) is 4.26. The number of hydrogen-bond donors (Lipinski definition) is 1. The molecule has 6 heteroatoms. The number of alkyl halides is 3. The van der Waals surface area contributed by atoms with Crippen molar-refractivity contribution in [2.75, 3.05) is 0 Å². The van der Waals surface area contributed by atoms with E-state index in [2.05, 4.69) is 9.72 Å². The summed E-state index contributed by atoms with van der Waals surface area (Å²) in [4.78, 5) is 4.14. The lowest BCUT2D eigenvalue weighted by molar-refractivity contribution is -0.274. The Bertz CT molecular complexity index is 541. The van der Waals surface area contributed by atoms with Crippen LogP contribution >= 0.6 is 0 Å². The highest BCUT2D eigenvalue weighted by molar-refractivity contribution is 5.28. The van der Waals surface area contributed by atoms with E-state index in [1.165, 1.54) is 12.1 Å². The molecule has 1 aromatic heterocycles. The number of pyridine rings is 1. The molecule has 2 rings (SSSR count).